The summed E-state index contributed by atoms with van der Waals surface area (Å²) < 4.78 is 19.9. The molecular formula is C13H17FN4O. The Hall–Kier alpha value is -1.69. The first-order valence-corrected chi connectivity index (χ1v) is 6.48. The minimum atomic E-state index is -0.294. The standard InChI is InChI=1S/C13H17FN4O/c1-8-11-10(17-16-8)7-15-13(12(11)14)18(2)9-3-5-19-6-4-9/h7,9H,3-6H2,1-2H3,(H,16,17). The van der Waals surface area contributed by atoms with Gasteiger partial charge in [-0.3, -0.25) is 5.10 Å². The molecule has 1 aliphatic heterocycles. The van der Waals surface area contributed by atoms with Crippen molar-refractivity contribution < 1.29 is 9.13 Å². The van der Waals surface area contributed by atoms with E-state index in [1.807, 2.05) is 11.9 Å². The number of hydrogen-bond acceptors (Lipinski definition) is 4. The molecule has 0 aliphatic carbocycles. The lowest BCUT2D eigenvalue weighted by atomic mass is 10.1. The van der Waals surface area contributed by atoms with Crippen molar-refractivity contribution in [2.24, 2.45) is 0 Å². The van der Waals surface area contributed by atoms with E-state index in [9.17, 15) is 4.39 Å². The third-order valence-corrected chi connectivity index (χ3v) is 3.78. The van der Waals surface area contributed by atoms with Crippen LogP contribution in [0.15, 0.2) is 6.20 Å². The normalized spacial score (nSPS) is 17.0. The fourth-order valence-corrected chi connectivity index (χ4v) is 2.61. The van der Waals surface area contributed by atoms with Gasteiger partial charge in [0, 0.05) is 26.3 Å². The third-order valence-electron chi connectivity index (χ3n) is 3.78. The number of halogens is 1. The molecule has 1 fully saturated rings. The monoisotopic (exact) mass is 264 g/mol. The smallest absolute Gasteiger partial charge is 0.176 e. The van der Waals surface area contributed by atoms with Gasteiger partial charge in [-0.25, -0.2) is 9.37 Å². The van der Waals surface area contributed by atoms with Gasteiger partial charge in [-0.2, -0.15) is 5.10 Å². The second-order valence-electron chi connectivity index (χ2n) is 4.95. The Morgan fingerprint density at radius 2 is 2.16 bits per heavy atom. The zero-order chi connectivity index (χ0) is 13.4. The van der Waals surface area contributed by atoms with Crippen molar-refractivity contribution in [2.45, 2.75) is 25.8 Å². The summed E-state index contributed by atoms with van der Waals surface area (Å²) >= 11 is 0. The molecule has 2 aromatic rings. The molecule has 1 N–H and O–H groups in total. The van der Waals surface area contributed by atoms with E-state index in [1.165, 1.54) is 0 Å². The summed E-state index contributed by atoms with van der Waals surface area (Å²) in [5.41, 5.74) is 1.30. The number of pyridine rings is 1. The molecule has 2 aromatic heterocycles. The fraction of sp³-hybridized carbons (Fsp3) is 0.538. The van der Waals surface area contributed by atoms with E-state index < -0.39 is 0 Å². The van der Waals surface area contributed by atoms with Crippen LogP contribution >= 0.6 is 0 Å². The van der Waals surface area contributed by atoms with Crippen LogP contribution in [0.4, 0.5) is 10.2 Å². The number of hydrogen-bond donors (Lipinski definition) is 1. The molecule has 102 valence electrons. The molecule has 0 bridgehead atoms. The topological polar surface area (TPSA) is 54.0 Å². The molecule has 0 spiro atoms. The number of rotatable bonds is 2. The van der Waals surface area contributed by atoms with Gasteiger partial charge >= 0.3 is 0 Å². The van der Waals surface area contributed by atoms with Crippen LogP contribution in [-0.4, -0.2) is 41.5 Å². The Kier molecular flexibility index (Phi) is 3.10. The maximum absolute atomic E-state index is 14.6. The summed E-state index contributed by atoms with van der Waals surface area (Å²) in [6.07, 6.45) is 3.45. The Balaban J connectivity index is 1.99. The Morgan fingerprint density at radius 3 is 2.89 bits per heavy atom. The molecule has 0 amide bonds. The highest BCUT2D eigenvalue weighted by atomic mass is 19.1. The van der Waals surface area contributed by atoms with Gasteiger partial charge in [0.15, 0.2) is 11.6 Å². The predicted molar refractivity (Wildman–Crippen MR) is 70.8 cm³/mol. The second kappa shape index (κ2) is 4.77. The Bertz CT molecular complexity index is 592. The van der Waals surface area contributed by atoms with E-state index >= 15 is 0 Å². The van der Waals surface area contributed by atoms with Crippen molar-refractivity contribution in [2.75, 3.05) is 25.2 Å². The number of fused-ring (bicyclic) bond motifs is 1. The first-order valence-electron chi connectivity index (χ1n) is 6.48. The molecule has 6 heteroatoms. The second-order valence-corrected chi connectivity index (χ2v) is 4.95. The number of aromatic amines is 1. The third kappa shape index (κ3) is 2.06. The number of H-pyrrole nitrogens is 1. The lowest BCUT2D eigenvalue weighted by molar-refractivity contribution is 0.0852. The van der Waals surface area contributed by atoms with Gasteiger partial charge in [0.05, 0.1) is 22.8 Å². The minimum Gasteiger partial charge on any atom is -0.381 e. The van der Waals surface area contributed by atoms with Crippen molar-refractivity contribution in [3.63, 3.8) is 0 Å². The molecule has 19 heavy (non-hydrogen) atoms. The number of aryl methyl sites for hydroxylation is 1. The molecular weight excluding hydrogens is 247 g/mol. The molecule has 0 saturated carbocycles. The maximum atomic E-state index is 14.6. The molecule has 0 radical (unpaired) electrons. The lowest BCUT2D eigenvalue weighted by Gasteiger charge is -2.32. The van der Waals surface area contributed by atoms with E-state index in [0.29, 0.717) is 22.4 Å². The largest absolute Gasteiger partial charge is 0.381 e. The molecule has 0 unspecified atom stereocenters. The van der Waals surface area contributed by atoms with Crippen LogP contribution in [0.1, 0.15) is 18.5 Å². The van der Waals surface area contributed by atoms with Crippen molar-refractivity contribution >= 4 is 16.7 Å². The van der Waals surface area contributed by atoms with E-state index in [0.717, 1.165) is 26.1 Å². The van der Waals surface area contributed by atoms with Gasteiger partial charge in [0.25, 0.3) is 0 Å². The molecule has 1 aliphatic rings. The number of aromatic nitrogens is 3. The minimum absolute atomic E-state index is 0.278. The highest BCUT2D eigenvalue weighted by Crippen LogP contribution is 2.28. The number of anilines is 1. The van der Waals surface area contributed by atoms with E-state index in [1.54, 1.807) is 13.1 Å². The number of nitrogens with one attached hydrogen (secondary N) is 1. The Morgan fingerprint density at radius 1 is 1.42 bits per heavy atom. The van der Waals surface area contributed by atoms with Crippen LogP contribution in [0, 0.1) is 12.7 Å². The summed E-state index contributed by atoms with van der Waals surface area (Å²) in [5, 5.41) is 7.34. The predicted octanol–water partition coefficient (Wildman–Crippen LogP) is 2.02. The molecule has 1 saturated heterocycles. The molecule has 3 rings (SSSR count). The first-order chi connectivity index (χ1) is 9.18. The molecule has 5 nitrogen and oxygen atoms in total. The van der Waals surface area contributed by atoms with E-state index in [2.05, 4.69) is 15.2 Å². The van der Waals surface area contributed by atoms with Crippen LogP contribution in [0.3, 0.4) is 0 Å². The van der Waals surface area contributed by atoms with Crippen molar-refractivity contribution in [1.29, 1.82) is 0 Å². The maximum Gasteiger partial charge on any atom is 0.176 e. The van der Waals surface area contributed by atoms with Crippen LogP contribution < -0.4 is 4.90 Å². The van der Waals surface area contributed by atoms with Crippen molar-refractivity contribution in [3.05, 3.63) is 17.7 Å². The van der Waals surface area contributed by atoms with Crippen molar-refractivity contribution in [3.8, 4) is 0 Å². The summed E-state index contributed by atoms with van der Waals surface area (Å²) in [4.78, 5) is 6.15. The number of nitrogens with zero attached hydrogens (tertiary/aromatic N) is 3. The summed E-state index contributed by atoms with van der Waals surface area (Å²) in [6.45, 7) is 3.24. The van der Waals surface area contributed by atoms with Crippen LogP contribution in [0.25, 0.3) is 10.9 Å². The first kappa shape index (κ1) is 12.3. The van der Waals surface area contributed by atoms with Crippen LogP contribution in [0.2, 0.25) is 0 Å². The molecule has 0 atom stereocenters. The van der Waals surface area contributed by atoms with Crippen molar-refractivity contribution in [1.82, 2.24) is 15.2 Å². The average molecular weight is 264 g/mol. The lowest BCUT2D eigenvalue weighted by Crippen LogP contribution is -2.37. The molecule has 3 heterocycles. The van der Waals surface area contributed by atoms with E-state index in [4.69, 9.17) is 4.74 Å². The highest BCUT2D eigenvalue weighted by molar-refractivity contribution is 5.83. The van der Waals surface area contributed by atoms with Gasteiger partial charge in [0.1, 0.15) is 0 Å². The summed E-state index contributed by atoms with van der Waals surface area (Å²) in [6, 6.07) is 0.278. The van der Waals surface area contributed by atoms with Gasteiger partial charge in [-0.15, -0.1) is 0 Å². The van der Waals surface area contributed by atoms with Gasteiger partial charge in [0.2, 0.25) is 0 Å². The summed E-state index contributed by atoms with van der Waals surface area (Å²) in [7, 11) is 1.89. The van der Waals surface area contributed by atoms with E-state index in [-0.39, 0.29) is 11.9 Å². The van der Waals surface area contributed by atoms with Crippen LogP contribution in [-0.2, 0) is 4.74 Å². The zero-order valence-electron chi connectivity index (χ0n) is 11.1. The van der Waals surface area contributed by atoms with Gasteiger partial charge in [-0.1, -0.05) is 0 Å². The van der Waals surface area contributed by atoms with Gasteiger partial charge in [-0.05, 0) is 19.8 Å². The number of ether oxygens (including phenoxy) is 1. The fourth-order valence-electron chi connectivity index (χ4n) is 2.61. The van der Waals surface area contributed by atoms with Crippen LogP contribution in [0.5, 0.6) is 0 Å². The van der Waals surface area contributed by atoms with Gasteiger partial charge < -0.3 is 9.64 Å². The summed E-state index contributed by atoms with van der Waals surface area (Å²) in [5.74, 6) is 0.0987. The Labute approximate surface area is 110 Å². The quantitative estimate of drug-likeness (QED) is 0.901. The highest BCUT2D eigenvalue weighted by Gasteiger charge is 2.23. The average Bonchev–Trinajstić information content (AvgIpc) is 2.82. The molecule has 0 aromatic carbocycles. The zero-order valence-corrected chi connectivity index (χ0v) is 11.1. The SMILES string of the molecule is Cc1n[nH]c2cnc(N(C)C3CCOCC3)c(F)c12.